The lowest BCUT2D eigenvalue weighted by Crippen LogP contribution is -1.94. The third kappa shape index (κ3) is 3.06. The Bertz CT molecular complexity index is 786. The predicted molar refractivity (Wildman–Crippen MR) is 76.4 cm³/mol. The molecule has 1 aromatic carbocycles. The maximum absolute atomic E-state index is 13.1. The molecule has 0 atom stereocenters. The first-order valence-electron chi connectivity index (χ1n) is 6.50. The fourth-order valence-electron chi connectivity index (χ4n) is 1.99. The number of hydrogen-bond acceptors (Lipinski definition) is 4. The van der Waals surface area contributed by atoms with Crippen LogP contribution in [0, 0.1) is 18.6 Å². The normalized spacial score (nSPS) is 10.5. The molecule has 2 aromatic heterocycles. The molecule has 0 bridgehead atoms. The molecule has 3 rings (SSSR count). The highest BCUT2D eigenvalue weighted by Crippen LogP contribution is 2.23. The SMILES string of the molecule is Cc1ncccc1-c1cnc(Oc2cc(F)cc(F)c2)nc1. The summed E-state index contributed by atoms with van der Waals surface area (Å²) in [5, 5.41) is 0. The Balaban J connectivity index is 1.84. The molecule has 0 spiro atoms. The first-order chi connectivity index (χ1) is 10.6. The molecule has 6 heteroatoms. The van der Waals surface area contributed by atoms with E-state index in [0.29, 0.717) is 0 Å². The Morgan fingerprint density at radius 1 is 0.955 bits per heavy atom. The zero-order chi connectivity index (χ0) is 15.5. The highest BCUT2D eigenvalue weighted by molar-refractivity contribution is 5.63. The monoisotopic (exact) mass is 299 g/mol. The minimum Gasteiger partial charge on any atom is -0.424 e. The lowest BCUT2D eigenvalue weighted by Gasteiger charge is -2.06. The second-order valence-electron chi connectivity index (χ2n) is 4.60. The van der Waals surface area contributed by atoms with Crippen LogP contribution in [0.15, 0.2) is 48.9 Å². The van der Waals surface area contributed by atoms with Crippen LogP contribution in [0.25, 0.3) is 11.1 Å². The molecular weight excluding hydrogens is 288 g/mol. The summed E-state index contributed by atoms with van der Waals surface area (Å²) in [6, 6.07) is 6.63. The van der Waals surface area contributed by atoms with Gasteiger partial charge in [-0.2, -0.15) is 0 Å². The summed E-state index contributed by atoms with van der Waals surface area (Å²) >= 11 is 0. The number of nitrogens with zero attached hydrogens (tertiary/aromatic N) is 3. The van der Waals surface area contributed by atoms with Crippen molar-refractivity contribution in [3.8, 4) is 22.9 Å². The van der Waals surface area contributed by atoms with E-state index in [9.17, 15) is 8.78 Å². The number of rotatable bonds is 3. The van der Waals surface area contributed by atoms with Crippen LogP contribution >= 0.6 is 0 Å². The van der Waals surface area contributed by atoms with Crippen molar-refractivity contribution in [2.75, 3.05) is 0 Å². The van der Waals surface area contributed by atoms with Gasteiger partial charge in [0, 0.05) is 53.6 Å². The molecular formula is C16H11F2N3O. The van der Waals surface area contributed by atoms with E-state index in [-0.39, 0.29) is 11.8 Å². The molecule has 110 valence electrons. The average Bonchev–Trinajstić information content (AvgIpc) is 2.48. The van der Waals surface area contributed by atoms with Gasteiger partial charge in [-0.05, 0) is 13.0 Å². The van der Waals surface area contributed by atoms with Crippen molar-refractivity contribution in [1.82, 2.24) is 15.0 Å². The van der Waals surface area contributed by atoms with Gasteiger partial charge in [0.05, 0.1) is 0 Å². The van der Waals surface area contributed by atoms with Gasteiger partial charge in [0.1, 0.15) is 17.4 Å². The average molecular weight is 299 g/mol. The number of pyridine rings is 1. The molecule has 0 aliphatic heterocycles. The van der Waals surface area contributed by atoms with Crippen LogP contribution in [0.3, 0.4) is 0 Å². The first-order valence-corrected chi connectivity index (χ1v) is 6.50. The van der Waals surface area contributed by atoms with E-state index in [4.69, 9.17) is 4.74 Å². The van der Waals surface area contributed by atoms with Crippen LogP contribution in [0.1, 0.15) is 5.69 Å². The molecule has 4 nitrogen and oxygen atoms in total. The van der Waals surface area contributed by atoms with Gasteiger partial charge in [-0.1, -0.05) is 6.07 Å². The van der Waals surface area contributed by atoms with Crippen molar-refractivity contribution in [3.05, 3.63) is 66.3 Å². The molecule has 0 N–H and O–H groups in total. The van der Waals surface area contributed by atoms with E-state index < -0.39 is 11.6 Å². The van der Waals surface area contributed by atoms with Crippen molar-refractivity contribution in [2.45, 2.75) is 6.92 Å². The fourth-order valence-corrected chi connectivity index (χ4v) is 1.99. The number of aromatic nitrogens is 3. The van der Waals surface area contributed by atoms with E-state index in [1.807, 2.05) is 19.1 Å². The summed E-state index contributed by atoms with van der Waals surface area (Å²) < 4.78 is 31.4. The zero-order valence-electron chi connectivity index (χ0n) is 11.6. The number of halogens is 2. The molecule has 0 aliphatic carbocycles. The predicted octanol–water partition coefficient (Wildman–Crippen LogP) is 3.92. The standard InChI is InChI=1S/C16H11F2N3O/c1-10-15(3-2-4-19-10)11-8-20-16(21-9-11)22-14-6-12(17)5-13(18)7-14/h2-9H,1H3. The molecule has 0 amide bonds. The lowest BCUT2D eigenvalue weighted by atomic mass is 10.1. The molecule has 0 fully saturated rings. The van der Waals surface area contributed by atoms with E-state index in [1.165, 1.54) is 0 Å². The highest BCUT2D eigenvalue weighted by Gasteiger charge is 2.07. The Morgan fingerprint density at radius 2 is 1.64 bits per heavy atom. The summed E-state index contributed by atoms with van der Waals surface area (Å²) in [5.74, 6) is -1.45. The van der Waals surface area contributed by atoms with Crippen LogP contribution in [0.4, 0.5) is 8.78 Å². The molecule has 3 aromatic rings. The molecule has 2 heterocycles. The smallest absolute Gasteiger partial charge is 0.321 e. The molecule has 0 aliphatic rings. The molecule has 0 radical (unpaired) electrons. The number of hydrogen-bond donors (Lipinski definition) is 0. The molecule has 0 saturated carbocycles. The zero-order valence-corrected chi connectivity index (χ0v) is 11.6. The van der Waals surface area contributed by atoms with Gasteiger partial charge in [-0.3, -0.25) is 4.98 Å². The van der Waals surface area contributed by atoms with Crippen molar-refractivity contribution in [3.63, 3.8) is 0 Å². The minimum absolute atomic E-state index is 0.00260. The van der Waals surface area contributed by atoms with Crippen molar-refractivity contribution in [2.24, 2.45) is 0 Å². The van der Waals surface area contributed by atoms with E-state index in [0.717, 1.165) is 35.0 Å². The van der Waals surface area contributed by atoms with E-state index in [2.05, 4.69) is 15.0 Å². The number of benzene rings is 1. The van der Waals surface area contributed by atoms with Gasteiger partial charge < -0.3 is 4.74 Å². The summed E-state index contributed by atoms with van der Waals surface area (Å²) in [7, 11) is 0. The first kappa shape index (κ1) is 14.1. The fraction of sp³-hybridized carbons (Fsp3) is 0.0625. The summed E-state index contributed by atoms with van der Waals surface area (Å²) in [5.41, 5.74) is 2.54. The third-order valence-corrected chi connectivity index (χ3v) is 2.99. The molecule has 0 unspecified atom stereocenters. The number of ether oxygens (including phenoxy) is 1. The summed E-state index contributed by atoms with van der Waals surface area (Å²) in [4.78, 5) is 12.3. The molecule has 22 heavy (non-hydrogen) atoms. The van der Waals surface area contributed by atoms with Gasteiger partial charge in [-0.15, -0.1) is 0 Å². The summed E-state index contributed by atoms with van der Waals surface area (Å²) in [6.45, 7) is 1.88. The van der Waals surface area contributed by atoms with E-state index in [1.54, 1.807) is 18.6 Å². The van der Waals surface area contributed by atoms with Gasteiger partial charge in [0.15, 0.2) is 0 Å². The topological polar surface area (TPSA) is 47.9 Å². The van der Waals surface area contributed by atoms with Gasteiger partial charge in [0.25, 0.3) is 0 Å². The van der Waals surface area contributed by atoms with Gasteiger partial charge >= 0.3 is 6.01 Å². The summed E-state index contributed by atoms with van der Waals surface area (Å²) in [6.07, 6.45) is 4.85. The second-order valence-corrected chi connectivity index (χ2v) is 4.60. The van der Waals surface area contributed by atoms with Crippen LogP contribution in [-0.2, 0) is 0 Å². The van der Waals surface area contributed by atoms with Crippen molar-refractivity contribution < 1.29 is 13.5 Å². The van der Waals surface area contributed by atoms with Crippen molar-refractivity contribution >= 4 is 0 Å². The Morgan fingerprint density at radius 3 is 2.27 bits per heavy atom. The van der Waals surface area contributed by atoms with Crippen LogP contribution in [0.5, 0.6) is 11.8 Å². The Labute approximate surface area is 125 Å². The van der Waals surface area contributed by atoms with Crippen molar-refractivity contribution in [1.29, 1.82) is 0 Å². The molecule has 0 saturated heterocycles. The maximum atomic E-state index is 13.1. The van der Waals surface area contributed by atoms with Crippen LogP contribution in [-0.4, -0.2) is 15.0 Å². The van der Waals surface area contributed by atoms with E-state index >= 15 is 0 Å². The second kappa shape index (κ2) is 5.85. The largest absolute Gasteiger partial charge is 0.424 e. The van der Waals surface area contributed by atoms with Gasteiger partial charge in [-0.25, -0.2) is 18.7 Å². The van der Waals surface area contributed by atoms with Gasteiger partial charge in [0.2, 0.25) is 0 Å². The highest BCUT2D eigenvalue weighted by atomic mass is 19.1. The lowest BCUT2D eigenvalue weighted by molar-refractivity contribution is 0.432. The third-order valence-electron chi connectivity index (χ3n) is 2.99. The number of aryl methyl sites for hydroxylation is 1. The maximum Gasteiger partial charge on any atom is 0.321 e. The minimum atomic E-state index is -0.724. The Hall–Kier alpha value is -2.89. The van der Waals surface area contributed by atoms with Crippen LogP contribution < -0.4 is 4.74 Å². The quantitative estimate of drug-likeness (QED) is 0.735. The Kier molecular flexibility index (Phi) is 3.74. The van der Waals surface area contributed by atoms with Crippen LogP contribution in [0.2, 0.25) is 0 Å².